The number of thiophene rings is 1. The van der Waals surface area contributed by atoms with Crippen LogP contribution in [0.3, 0.4) is 0 Å². The maximum absolute atomic E-state index is 11.1. The zero-order valence-electron chi connectivity index (χ0n) is 7.38. The van der Waals surface area contributed by atoms with Gasteiger partial charge in [0.25, 0.3) is 0 Å². The number of hydrogen-bond acceptors (Lipinski definition) is 3. The molecule has 0 spiro atoms. The summed E-state index contributed by atoms with van der Waals surface area (Å²) < 4.78 is 5.72. The lowest BCUT2D eigenvalue weighted by molar-refractivity contribution is 0.0606. The summed E-state index contributed by atoms with van der Waals surface area (Å²) in [5.41, 5.74) is 2.11. The first-order valence-corrected chi connectivity index (χ1v) is 4.70. The minimum atomic E-state index is -0.271. The van der Waals surface area contributed by atoms with Gasteiger partial charge in [0.15, 0.2) is 7.85 Å². The molecule has 0 aromatic carbocycles. The molecule has 0 amide bonds. The largest absolute Gasteiger partial charge is 0.465 e. The van der Waals surface area contributed by atoms with E-state index in [2.05, 4.69) is 9.72 Å². The Labute approximate surface area is 80.1 Å². The number of ether oxygens (including phenoxy) is 1. The molecule has 0 unspecified atom stereocenters. The van der Waals surface area contributed by atoms with Gasteiger partial charge in [-0.15, -0.1) is 11.3 Å². The summed E-state index contributed by atoms with van der Waals surface area (Å²) in [5, 5.41) is 0. The fourth-order valence-electron chi connectivity index (χ4n) is 1.26. The Balaban J connectivity index is 2.51. The van der Waals surface area contributed by atoms with E-state index in [1.807, 2.05) is 20.0 Å². The van der Waals surface area contributed by atoms with Crippen LogP contribution in [0.25, 0.3) is 10.2 Å². The normalized spacial score (nSPS) is 10.5. The second kappa shape index (κ2) is 2.92. The Morgan fingerprint density at radius 2 is 2.38 bits per heavy atom. The van der Waals surface area contributed by atoms with Gasteiger partial charge in [-0.2, -0.15) is 0 Å². The van der Waals surface area contributed by atoms with Gasteiger partial charge in [0.1, 0.15) is 4.88 Å². The van der Waals surface area contributed by atoms with Gasteiger partial charge in [0, 0.05) is 0 Å². The quantitative estimate of drug-likeness (QED) is 0.521. The third-order valence-electron chi connectivity index (χ3n) is 1.83. The van der Waals surface area contributed by atoms with Crippen molar-refractivity contribution in [1.29, 1.82) is 0 Å². The number of nitrogens with one attached hydrogen (secondary N) is 1. The van der Waals surface area contributed by atoms with Gasteiger partial charge in [-0.1, -0.05) is 0 Å². The minimum Gasteiger partial charge on any atom is -0.465 e. The molecule has 1 N–H and O–H groups in total. The van der Waals surface area contributed by atoms with Crippen LogP contribution in [0.15, 0.2) is 12.1 Å². The SMILES string of the molecule is Bc1cc2sc(C(=O)OC)cc2[nH]1. The molecule has 0 atom stereocenters. The number of aromatic nitrogens is 1. The number of carbonyl (C=O) groups is 1. The molecule has 66 valence electrons. The third-order valence-corrected chi connectivity index (χ3v) is 2.89. The van der Waals surface area contributed by atoms with Crippen molar-refractivity contribution >= 4 is 41.0 Å². The Morgan fingerprint density at radius 1 is 1.62 bits per heavy atom. The highest BCUT2D eigenvalue weighted by Gasteiger charge is 2.10. The Bertz CT molecular complexity index is 428. The molecule has 0 fully saturated rings. The molecule has 0 bridgehead atoms. The van der Waals surface area contributed by atoms with Crippen LogP contribution < -0.4 is 5.59 Å². The van der Waals surface area contributed by atoms with Gasteiger partial charge in [0.05, 0.1) is 17.3 Å². The molecule has 0 saturated heterocycles. The van der Waals surface area contributed by atoms with E-state index in [0.717, 1.165) is 15.8 Å². The van der Waals surface area contributed by atoms with E-state index in [1.54, 1.807) is 0 Å². The standard InChI is InChI=1S/C8H8BNO2S/c1-12-8(11)6-2-4-5(13-6)3-7(9)10-4/h2-3,10H,9H2,1H3. The van der Waals surface area contributed by atoms with Crippen molar-refractivity contribution in [1.82, 2.24) is 4.98 Å². The molecular weight excluding hydrogens is 185 g/mol. The van der Waals surface area contributed by atoms with Crippen molar-refractivity contribution in [2.75, 3.05) is 7.11 Å². The molecule has 2 aromatic heterocycles. The molecule has 0 aliphatic carbocycles. The maximum atomic E-state index is 11.1. The summed E-state index contributed by atoms with van der Waals surface area (Å²) in [6.07, 6.45) is 0. The molecule has 2 rings (SSSR count). The highest BCUT2D eigenvalue weighted by atomic mass is 32.1. The Hall–Kier alpha value is -1.23. The van der Waals surface area contributed by atoms with Crippen LogP contribution in [0.1, 0.15) is 9.67 Å². The molecule has 2 heterocycles. The molecule has 0 saturated carbocycles. The second-order valence-electron chi connectivity index (χ2n) is 2.83. The lowest BCUT2D eigenvalue weighted by Gasteiger charge is -1.91. The Kier molecular flexibility index (Phi) is 1.88. The summed E-state index contributed by atoms with van der Waals surface area (Å²) in [7, 11) is 3.38. The third kappa shape index (κ3) is 1.35. The topological polar surface area (TPSA) is 42.1 Å². The van der Waals surface area contributed by atoms with Crippen molar-refractivity contribution in [3.05, 3.63) is 17.0 Å². The number of fused-ring (bicyclic) bond motifs is 1. The Morgan fingerprint density at radius 3 is 3.00 bits per heavy atom. The highest BCUT2D eigenvalue weighted by Crippen LogP contribution is 2.23. The predicted octanol–water partition coefficient (Wildman–Crippen LogP) is 0.274. The molecular formula is C8H8BNO2S. The second-order valence-corrected chi connectivity index (χ2v) is 3.92. The number of esters is 1. The van der Waals surface area contributed by atoms with Crippen LogP contribution in [0.2, 0.25) is 0 Å². The predicted molar refractivity (Wildman–Crippen MR) is 55.7 cm³/mol. The highest BCUT2D eigenvalue weighted by molar-refractivity contribution is 7.20. The number of hydrogen-bond donors (Lipinski definition) is 1. The molecule has 13 heavy (non-hydrogen) atoms. The van der Waals surface area contributed by atoms with Gasteiger partial charge in [-0.3, -0.25) is 0 Å². The minimum absolute atomic E-state index is 0.271. The number of H-pyrrole nitrogens is 1. The van der Waals surface area contributed by atoms with E-state index < -0.39 is 0 Å². The first-order valence-electron chi connectivity index (χ1n) is 3.88. The number of carbonyl (C=O) groups excluding carboxylic acids is 1. The van der Waals surface area contributed by atoms with E-state index in [4.69, 9.17) is 0 Å². The van der Waals surface area contributed by atoms with Crippen LogP contribution in [0.4, 0.5) is 0 Å². The van der Waals surface area contributed by atoms with Crippen molar-refractivity contribution < 1.29 is 9.53 Å². The fourth-order valence-corrected chi connectivity index (χ4v) is 2.29. The van der Waals surface area contributed by atoms with E-state index >= 15 is 0 Å². The summed E-state index contributed by atoms with van der Waals surface area (Å²) in [6, 6.07) is 3.84. The molecule has 0 radical (unpaired) electrons. The molecule has 0 aliphatic rings. The average Bonchev–Trinajstić information content (AvgIpc) is 2.59. The lowest BCUT2D eigenvalue weighted by atomic mass is 10.1. The monoisotopic (exact) mass is 193 g/mol. The summed E-state index contributed by atoms with van der Waals surface area (Å²) in [5.74, 6) is -0.271. The lowest BCUT2D eigenvalue weighted by Crippen LogP contribution is -2.00. The zero-order chi connectivity index (χ0) is 9.42. The summed E-state index contributed by atoms with van der Waals surface area (Å²) >= 11 is 1.44. The van der Waals surface area contributed by atoms with Crippen molar-refractivity contribution in [2.24, 2.45) is 0 Å². The van der Waals surface area contributed by atoms with Crippen LogP contribution in [-0.4, -0.2) is 25.9 Å². The van der Waals surface area contributed by atoms with E-state index in [9.17, 15) is 4.79 Å². The first kappa shape index (κ1) is 8.38. The van der Waals surface area contributed by atoms with Crippen LogP contribution in [0.5, 0.6) is 0 Å². The van der Waals surface area contributed by atoms with Gasteiger partial charge in [-0.25, -0.2) is 4.79 Å². The summed E-state index contributed by atoms with van der Waals surface area (Å²) in [4.78, 5) is 14.9. The summed E-state index contributed by atoms with van der Waals surface area (Å²) in [6.45, 7) is 0. The van der Waals surface area contributed by atoms with Crippen LogP contribution >= 0.6 is 11.3 Å². The molecule has 5 heteroatoms. The van der Waals surface area contributed by atoms with Gasteiger partial charge in [-0.05, 0) is 17.7 Å². The zero-order valence-corrected chi connectivity index (χ0v) is 8.20. The molecule has 3 nitrogen and oxygen atoms in total. The smallest absolute Gasteiger partial charge is 0.348 e. The number of methoxy groups -OCH3 is 1. The van der Waals surface area contributed by atoms with Crippen LogP contribution in [0, 0.1) is 0 Å². The first-order chi connectivity index (χ1) is 6.20. The number of aromatic amines is 1. The van der Waals surface area contributed by atoms with Crippen molar-refractivity contribution in [3.8, 4) is 0 Å². The van der Waals surface area contributed by atoms with Crippen molar-refractivity contribution in [2.45, 2.75) is 0 Å². The van der Waals surface area contributed by atoms with E-state index in [0.29, 0.717) is 4.88 Å². The van der Waals surface area contributed by atoms with Gasteiger partial charge >= 0.3 is 5.97 Å². The van der Waals surface area contributed by atoms with Crippen LogP contribution in [-0.2, 0) is 4.74 Å². The van der Waals surface area contributed by atoms with Gasteiger partial charge in [0.2, 0.25) is 0 Å². The average molecular weight is 193 g/mol. The van der Waals surface area contributed by atoms with Gasteiger partial charge < -0.3 is 9.72 Å². The number of rotatable bonds is 1. The van der Waals surface area contributed by atoms with E-state index in [-0.39, 0.29) is 5.97 Å². The molecule has 2 aromatic rings. The maximum Gasteiger partial charge on any atom is 0.348 e. The van der Waals surface area contributed by atoms with Crippen molar-refractivity contribution in [3.63, 3.8) is 0 Å². The van der Waals surface area contributed by atoms with E-state index in [1.165, 1.54) is 18.4 Å². The fraction of sp³-hybridized carbons (Fsp3) is 0.125. The molecule has 0 aliphatic heterocycles.